The van der Waals surface area contributed by atoms with Crippen LogP contribution in [0.25, 0.3) is 0 Å². The molecule has 0 aliphatic carbocycles. The SMILES string of the molecule is C1=CSc2sccc2N1. The Morgan fingerprint density at radius 3 is 3.33 bits per heavy atom. The van der Waals surface area contributed by atoms with E-state index in [4.69, 9.17) is 0 Å². The molecule has 0 fully saturated rings. The third-order valence-electron chi connectivity index (χ3n) is 1.11. The maximum Gasteiger partial charge on any atom is 0.0876 e. The third kappa shape index (κ3) is 0.862. The second kappa shape index (κ2) is 2.08. The van der Waals surface area contributed by atoms with Crippen molar-refractivity contribution in [2.75, 3.05) is 5.32 Å². The van der Waals surface area contributed by atoms with E-state index in [-0.39, 0.29) is 0 Å². The van der Waals surface area contributed by atoms with E-state index in [2.05, 4.69) is 22.2 Å². The van der Waals surface area contributed by atoms with E-state index >= 15 is 0 Å². The molecule has 0 saturated heterocycles. The van der Waals surface area contributed by atoms with Gasteiger partial charge in [-0.2, -0.15) is 0 Å². The molecule has 9 heavy (non-hydrogen) atoms. The van der Waals surface area contributed by atoms with Gasteiger partial charge in [-0.05, 0) is 16.9 Å². The highest BCUT2D eigenvalue weighted by Crippen LogP contribution is 2.36. The van der Waals surface area contributed by atoms with E-state index in [1.165, 1.54) is 9.90 Å². The van der Waals surface area contributed by atoms with Crippen LogP contribution in [0.4, 0.5) is 5.69 Å². The van der Waals surface area contributed by atoms with Gasteiger partial charge in [-0.3, -0.25) is 0 Å². The van der Waals surface area contributed by atoms with Gasteiger partial charge < -0.3 is 5.32 Å². The monoisotopic (exact) mass is 155 g/mol. The number of rotatable bonds is 0. The Hall–Kier alpha value is -0.410. The molecule has 1 aliphatic heterocycles. The van der Waals surface area contributed by atoms with Gasteiger partial charge in [0.15, 0.2) is 0 Å². The molecule has 3 heteroatoms. The highest BCUT2D eigenvalue weighted by molar-refractivity contribution is 8.04. The fourth-order valence-corrected chi connectivity index (χ4v) is 2.36. The molecular formula is C6H5NS2. The highest BCUT2D eigenvalue weighted by Gasteiger charge is 2.03. The van der Waals surface area contributed by atoms with Crippen LogP contribution in [0.5, 0.6) is 0 Å². The molecule has 46 valence electrons. The van der Waals surface area contributed by atoms with Gasteiger partial charge in [0.05, 0.1) is 9.90 Å². The van der Waals surface area contributed by atoms with Crippen LogP contribution in [0.15, 0.2) is 27.3 Å². The average molecular weight is 155 g/mol. The zero-order chi connectivity index (χ0) is 6.10. The molecule has 1 nitrogen and oxygen atoms in total. The Kier molecular flexibility index (Phi) is 1.24. The number of hydrogen-bond acceptors (Lipinski definition) is 3. The Morgan fingerprint density at radius 1 is 1.44 bits per heavy atom. The lowest BCUT2D eigenvalue weighted by atomic mass is 10.5. The zero-order valence-corrected chi connectivity index (χ0v) is 6.26. The first-order valence-electron chi connectivity index (χ1n) is 2.62. The summed E-state index contributed by atoms with van der Waals surface area (Å²) in [7, 11) is 0. The smallest absolute Gasteiger partial charge is 0.0876 e. The second-order valence-corrected chi connectivity index (χ2v) is 3.78. The van der Waals surface area contributed by atoms with Crippen LogP contribution in [0.3, 0.4) is 0 Å². The van der Waals surface area contributed by atoms with Crippen LogP contribution in [-0.4, -0.2) is 0 Å². The summed E-state index contributed by atoms with van der Waals surface area (Å²) in [5.74, 6) is 0. The van der Waals surface area contributed by atoms with E-state index in [1.807, 2.05) is 6.20 Å². The third-order valence-corrected chi connectivity index (χ3v) is 3.10. The van der Waals surface area contributed by atoms with Gasteiger partial charge in [0.1, 0.15) is 0 Å². The molecule has 0 radical (unpaired) electrons. The quantitative estimate of drug-likeness (QED) is 0.618. The predicted octanol–water partition coefficient (Wildman–Crippen LogP) is 2.74. The van der Waals surface area contributed by atoms with Crippen molar-refractivity contribution < 1.29 is 0 Å². The lowest BCUT2D eigenvalue weighted by Gasteiger charge is -2.04. The van der Waals surface area contributed by atoms with Crippen LogP contribution in [0.2, 0.25) is 0 Å². The van der Waals surface area contributed by atoms with E-state index in [0.717, 1.165) is 0 Å². The minimum Gasteiger partial charge on any atom is -0.360 e. The first kappa shape index (κ1) is 5.38. The van der Waals surface area contributed by atoms with Crippen LogP contribution < -0.4 is 5.32 Å². The van der Waals surface area contributed by atoms with Gasteiger partial charge in [0.25, 0.3) is 0 Å². The second-order valence-electron chi connectivity index (χ2n) is 1.69. The molecule has 2 heterocycles. The van der Waals surface area contributed by atoms with Gasteiger partial charge in [-0.25, -0.2) is 0 Å². The molecule has 1 aliphatic rings. The summed E-state index contributed by atoms with van der Waals surface area (Å²) < 4.78 is 1.36. The summed E-state index contributed by atoms with van der Waals surface area (Å²) in [6.45, 7) is 0. The maximum atomic E-state index is 3.15. The van der Waals surface area contributed by atoms with E-state index in [0.29, 0.717) is 0 Å². The fraction of sp³-hybridized carbons (Fsp3) is 0. The minimum atomic E-state index is 1.24. The molecular weight excluding hydrogens is 150 g/mol. The molecule has 1 N–H and O–H groups in total. The molecule has 0 saturated carbocycles. The van der Waals surface area contributed by atoms with Gasteiger partial charge in [-0.15, -0.1) is 11.3 Å². The molecule has 0 atom stereocenters. The number of hydrogen-bond donors (Lipinski definition) is 1. The Balaban J connectivity index is 2.46. The number of thiophene rings is 1. The molecule has 0 unspecified atom stereocenters. The van der Waals surface area contributed by atoms with E-state index in [9.17, 15) is 0 Å². The molecule has 0 bridgehead atoms. The summed E-state index contributed by atoms with van der Waals surface area (Å²) in [6.07, 6.45) is 1.96. The minimum absolute atomic E-state index is 1.24. The average Bonchev–Trinajstić information content (AvgIpc) is 2.33. The number of nitrogens with one attached hydrogen (secondary N) is 1. The van der Waals surface area contributed by atoms with Crippen molar-refractivity contribution in [1.82, 2.24) is 0 Å². The largest absolute Gasteiger partial charge is 0.360 e. The van der Waals surface area contributed by atoms with Crippen molar-refractivity contribution in [2.24, 2.45) is 0 Å². The van der Waals surface area contributed by atoms with Crippen molar-refractivity contribution in [1.29, 1.82) is 0 Å². The van der Waals surface area contributed by atoms with E-state index < -0.39 is 0 Å². The molecule has 1 aromatic rings. The zero-order valence-electron chi connectivity index (χ0n) is 4.63. The van der Waals surface area contributed by atoms with Gasteiger partial charge in [-0.1, -0.05) is 11.8 Å². The maximum absolute atomic E-state index is 3.15. The fourth-order valence-electron chi connectivity index (χ4n) is 0.713. The molecule has 1 aromatic heterocycles. The molecule has 2 rings (SSSR count). The highest BCUT2D eigenvalue weighted by atomic mass is 32.2. The van der Waals surface area contributed by atoms with Crippen LogP contribution in [-0.2, 0) is 0 Å². The van der Waals surface area contributed by atoms with Gasteiger partial charge >= 0.3 is 0 Å². The van der Waals surface area contributed by atoms with Crippen LogP contribution >= 0.6 is 23.1 Å². The lowest BCUT2D eigenvalue weighted by molar-refractivity contribution is 1.56. The summed E-state index contributed by atoms with van der Waals surface area (Å²) >= 11 is 3.55. The topological polar surface area (TPSA) is 12.0 Å². The van der Waals surface area contributed by atoms with Crippen molar-refractivity contribution in [3.05, 3.63) is 23.1 Å². The van der Waals surface area contributed by atoms with Gasteiger partial charge in [0.2, 0.25) is 0 Å². The first-order chi connectivity index (χ1) is 4.47. The number of fused-ring (bicyclic) bond motifs is 1. The summed E-state index contributed by atoms with van der Waals surface area (Å²) in [5.41, 5.74) is 1.24. The number of anilines is 1. The van der Waals surface area contributed by atoms with Crippen molar-refractivity contribution >= 4 is 28.8 Å². The van der Waals surface area contributed by atoms with Crippen molar-refractivity contribution in [3.63, 3.8) is 0 Å². The molecule has 0 amide bonds. The predicted molar refractivity (Wildman–Crippen MR) is 42.9 cm³/mol. The Bertz CT molecular complexity index is 216. The van der Waals surface area contributed by atoms with Crippen LogP contribution in [0, 0.1) is 0 Å². The Labute approximate surface area is 61.8 Å². The lowest BCUT2D eigenvalue weighted by Crippen LogP contribution is -1.87. The van der Waals surface area contributed by atoms with E-state index in [1.54, 1.807) is 23.1 Å². The summed E-state index contributed by atoms with van der Waals surface area (Å²) in [5, 5.41) is 7.30. The van der Waals surface area contributed by atoms with Gasteiger partial charge in [0, 0.05) is 6.20 Å². The molecule has 0 aromatic carbocycles. The first-order valence-corrected chi connectivity index (χ1v) is 4.38. The normalized spacial score (nSPS) is 14.7. The summed E-state index contributed by atoms with van der Waals surface area (Å²) in [4.78, 5) is 0. The van der Waals surface area contributed by atoms with Crippen LogP contribution in [0.1, 0.15) is 0 Å². The summed E-state index contributed by atoms with van der Waals surface area (Å²) in [6, 6.07) is 2.09. The number of thioether (sulfide) groups is 1. The van der Waals surface area contributed by atoms with Crippen molar-refractivity contribution in [2.45, 2.75) is 4.21 Å². The Morgan fingerprint density at radius 2 is 2.44 bits per heavy atom. The molecule has 0 spiro atoms. The standard InChI is InChI=1S/C6H5NS2/c1-3-8-6-5(1)7-2-4-9-6/h1-4,7H. The van der Waals surface area contributed by atoms with Crippen molar-refractivity contribution in [3.8, 4) is 0 Å².